The number of fused-ring (bicyclic) bond motifs is 1. The second-order valence-corrected chi connectivity index (χ2v) is 8.96. The predicted octanol–water partition coefficient (Wildman–Crippen LogP) is 4.05. The van der Waals surface area contributed by atoms with Crippen LogP contribution in [0.3, 0.4) is 0 Å². The summed E-state index contributed by atoms with van der Waals surface area (Å²) in [5.74, 6) is 0.603. The fourth-order valence-electron chi connectivity index (χ4n) is 4.19. The molecular weight excluding hydrogens is 454 g/mol. The summed E-state index contributed by atoms with van der Waals surface area (Å²) in [6.45, 7) is 1.97. The zero-order chi connectivity index (χ0) is 23.3. The number of nitrogens with one attached hydrogen (secondary N) is 1. The normalized spacial score (nSPS) is 16.8. The van der Waals surface area contributed by atoms with Crippen LogP contribution in [0.4, 0.5) is 5.13 Å². The minimum absolute atomic E-state index is 0.0740. The molecule has 5 rings (SSSR count). The number of amides is 1. The van der Waals surface area contributed by atoms with Crippen molar-refractivity contribution >= 4 is 28.3 Å². The molecule has 0 spiro atoms. The van der Waals surface area contributed by atoms with Crippen LogP contribution in [0, 0.1) is 0 Å². The quantitative estimate of drug-likeness (QED) is 0.512. The van der Waals surface area contributed by atoms with E-state index in [1.165, 1.54) is 11.3 Å². The summed E-state index contributed by atoms with van der Waals surface area (Å²) in [4.78, 5) is 31.4. The number of carbonyl (C=O) groups is 2. The van der Waals surface area contributed by atoms with E-state index >= 15 is 0 Å². The van der Waals surface area contributed by atoms with Crippen molar-refractivity contribution in [1.29, 1.82) is 0 Å². The lowest BCUT2D eigenvalue weighted by molar-refractivity contribution is -0.135. The Morgan fingerprint density at radius 3 is 2.79 bits per heavy atom. The van der Waals surface area contributed by atoms with Crippen LogP contribution < -0.4 is 14.8 Å². The van der Waals surface area contributed by atoms with Crippen molar-refractivity contribution in [2.75, 3.05) is 31.7 Å². The molecule has 0 aliphatic carbocycles. The van der Waals surface area contributed by atoms with Crippen LogP contribution in [0.1, 0.15) is 40.5 Å². The van der Waals surface area contributed by atoms with Crippen molar-refractivity contribution in [3.05, 3.63) is 70.7 Å². The summed E-state index contributed by atoms with van der Waals surface area (Å²) >= 11 is 1.33. The molecule has 1 aromatic heterocycles. The van der Waals surface area contributed by atoms with Crippen LogP contribution in [-0.2, 0) is 16.1 Å². The summed E-state index contributed by atoms with van der Waals surface area (Å²) in [5, 5.41) is 5.45. The van der Waals surface area contributed by atoms with Crippen molar-refractivity contribution in [2.24, 2.45) is 0 Å². The fraction of sp³-hybridized carbons (Fsp3) is 0.320. The second kappa shape index (κ2) is 10.1. The molecule has 3 aromatic rings. The molecule has 1 fully saturated rings. The molecule has 3 heterocycles. The van der Waals surface area contributed by atoms with Gasteiger partial charge in [-0.3, -0.25) is 4.79 Å². The standard InChI is InChI=1S/C25H25N3O5S/c29-23(28-10-4-7-20(28)18-8-9-21-22(13-18)32-12-11-31-21)15-33-24(30)19-16-34-25(27-19)26-14-17-5-2-1-3-6-17/h1-3,5-6,8-9,13,16,20H,4,7,10-12,14-15H2,(H,26,27). The van der Waals surface area contributed by atoms with Gasteiger partial charge in [-0.25, -0.2) is 9.78 Å². The molecule has 0 bridgehead atoms. The molecule has 1 saturated heterocycles. The first-order valence-electron chi connectivity index (χ1n) is 11.3. The van der Waals surface area contributed by atoms with E-state index < -0.39 is 5.97 Å². The summed E-state index contributed by atoms with van der Waals surface area (Å²) in [6.07, 6.45) is 1.74. The van der Waals surface area contributed by atoms with Gasteiger partial charge >= 0.3 is 5.97 Å². The lowest BCUT2D eigenvalue weighted by atomic mass is 10.0. The highest BCUT2D eigenvalue weighted by molar-refractivity contribution is 7.13. The SMILES string of the molecule is O=C(OCC(=O)N1CCCC1c1ccc2c(c1)OCCO2)c1csc(NCc2ccccc2)n1. The van der Waals surface area contributed by atoms with Gasteiger partial charge in [0.15, 0.2) is 28.9 Å². The molecule has 1 atom stereocenters. The van der Waals surface area contributed by atoms with Crippen LogP contribution in [0.2, 0.25) is 0 Å². The summed E-state index contributed by atoms with van der Waals surface area (Å²) in [5.41, 5.74) is 2.30. The topological polar surface area (TPSA) is 90.0 Å². The number of carbonyl (C=O) groups excluding carboxylic acids is 2. The van der Waals surface area contributed by atoms with Gasteiger partial charge in [-0.05, 0) is 36.1 Å². The number of anilines is 1. The van der Waals surface area contributed by atoms with Crippen molar-refractivity contribution in [1.82, 2.24) is 9.88 Å². The molecular formula is C25H25N3O5S. The maximum atomic E-state index is 12.9. The number of rotatable bonds is 7. The number of ether oxygens (including phenoxy) is 3. The average Bonchev–Trinajstić information content (AvgIpc) is 3.56. The van der Waals surface area contributed by atoms with Gasteiger partial charge in [-0.2, -0.15) is 0 Å². The van der Waals surface area contributed by atoms with Crippen LogP contribution in [0.25, 0.3) is 0 Å². The first kappa shape index (κ1) is 22.2. The van der Waals surface area contributed by atoms with E-state index in [4.69, 9.17) is 14.2 Å². The zero-order valence-corrected chi connectivity index (χ0v) is 19.4. The molecule has 1 amide bonds. The first-order valence-corrected chi connectivity index (χ1v) is 12.1. The van der Waals surface area contributed by atoms with Crippen molar-refractivity contribution in [2.45, 2.75) is 25.4 Å². The molecule has 2 aliphatic heterocycles. The number of thiazole rings is 1. The lowest BCUT2D eigenvalue weighted by Gasteiger charge is -2.26. The van der Waals surface area contributed by atoms with E-state index in [9.17, 15) is 9.59 Å². The van der Waals surface area contributed by atoms with Crippen molar-refractivity contribution in [3.63, 3.8) is 0 Å². The number of nitrogens with zero attached hydrogens (tertiary/aromatic N) is 2. The number of benzene rings is 2. The summed E-state index contributed by atoms with van der Waals surface area (Å²) < 4.78 is 16.6. The Kier molecular flexibility index (Phi) is 6.62. The van der Waals surface area contributed by atoms with Crippen LogP contribution in [0.5, 0.6) is 11.5 Å². The number of aromatic nitrogens is 1. The maximum absolute atomic E-state index is 12.9. The highest BCUT2D eigenvalue weighted by Gasteiger charge is 2.31. The Morgan fingerprint density at radius 1 is 1.12 bits per heavy atom. The largest absolute Gasteiger partial charge is 0.486 e. The monoisotopic (exact) mass is 479 g/mol. The van der Waals surface area contributed by atoms with Gasteiger partial charge in [0.05, 0.1) is 6.04 Å². The van der Waals surface area contributed by atoms with E-state index in [-0.39, 0.29) is 24.2 Å². The molecule has 176 valence electrons. The molecule has 0 radical (unpaired) electrons. The lowest BCUT2D eigenvalue weighted by Crippen LogP contribution is -2.34. The fourth-order valence-corrected chi connectivity index (χ4v) is 4.86. The number of esters is 1. The van der Waals surface area contributed by atoms with Gasteiger partial charge in [0.2, 0.25) is 0 Å². The molecule has 0 saturated carbocycles. The summed E-state index contributed by atoms with van der Waals surface area (Å²) in [6, 6.07) is 15.6. The Hall–Kier alpha value is -3.59. The van der Waals surface area contributed by atoms with Crippen LogP contribution >= 0.6 is 11.3 Å². The molecule has 1 unspecified atom stereocenters. The first-order chi connectivity index (χ1) is 16.7. The van der Waals surface area contributed by atoms with E-state index in [2.05, 4.69) is 10.3 Å². The van der Waals surface area contributed by atoms with E-state index in [0.717, 1.165) is 29.7 Å². The number of hydrogen-bond donors (Lipinski definition) is 1. The number of hydrogen-bond acceptors (Lipinski definition) is 8. The van der Waals surface area contributed by atoms with Crippen molar-refractivity contribution < 1.29 is 23.8 Å². The van der Waals surface area contributed by atoms with Crippen molar-refractivity contribution in [3.8, 4) is 11.5 Å². The van der Waals surface area contributed by atoms with Gasteiger partial charge < -0.3 is 24.4 Å². The minimum atomic E-state index is -0.604. The third-order valence-corrected chi connectivity index (χ3v) is 6.65. The Bertz CT molecular complexity index is 1170. The molecule has 2 aliphatic rings. The Balaban J connectivity index is 1.15. The summed E-state index contributed by atoms with van der Waals surface area (Å²) in [7, 11) is 0. The van der Waals surface area contributed by atoms with Crippen LogP contribution in [-0.4, -0.2) is 48.1 Å². The Labute approximate surface area is 201 Å². The Morgan fingerprint density at radius 2 is 1.94 bits per heavy atom. The van der Waals surface area contributed by atoms with E-state index in [0.29, 0.717) is 37.2 Å². The molecule has 2 aromatic carbocycles. The molecule has 8 nitrogen and oxygen atoms in total. The van der Waals surface area contributed by atoms with Gasteiger partial charge in [-0.1, -0.05) is 36.4 Å². The van der Waals surface area contributed by atoms with Gasteiger partial charge in [-0.15, -0.1) is 11.3 Å². The van der Waals surface area contributed by atoms with Gasteiger partial charge in [0, 0.05) is 18.5 Å². The van der Waals surface area contributed by atoms with E-state index in [1.54, 1.807) is 10.3 Å². The van der Waals surface area contributed by atoms with Gasteiger partial charge in [0.1, 0.15) is 13.2 Å². The zero-order valence-electron chi connectivity index (χ0n) is 18.6. The highest BCUT2D eigenvalue weighted by atomic mass is 32.1. The van der Waals surface area contributed by atoms with E-state index in [1.807, 2.05) is 48.5 Å². The average molecular weight is 480 g/mol. The predicted molar refractivity (Wildman–Crippen MR) is 127 cm³/mol. The third-order valence-electron chi connectivity index (χ3n) is 5.85. The third kappa shape index (κ3) is 4.99. The minimum Gasteiger partial charge on any atom is -0.486 e. The smallest absolute Gasteiger partial charge is 0.358 e. The maximum Gasteiger partial charge on any atom is 0.358 e. The molecule has 1 N–H and O–H groups in total. The molecule has 34 heavy (non-hydrogen) atoms. The second-order valence-electron chi connectivity index (χ2n) is 8.10. The highest BCUT2D eigenvalue weighted by Crippen LogP contribution is 2.38. The van der Waals surface area contributed by atoms with Gasteiger partial charge in [0.25, 0.3) is 5.91 Å². The van der Waals surface area contributed by atoms with Crippen LogP contribution in [0.15, 0.2) is 53.9 Å². The molecule has 9 heteroatoms. The number of likely N-dealkylation sites (tertiary alicyclic amines) is 1.